The highest BCUT2D eigenvalue weighted by molar-refractivity contribution is 5.80. The molecule has 2 fully saturated rings. The summed E-state index contributed by atoms with van der Waals surface area (Å²) in [5.41, 5.74) is -1.54. The molecule has 12 heavy (non-hydrogen) atoms. The number of alkyl halides is 1. The van der Waals surface area contributed by atoms with Gasteiger partial charge in [0, 0.05) is 12.8 Å². The van der Waals surface area contributed by atoms with Crippen molar-refractivity contribution in [2.24, 2.45) is 0 Å². The third kappa shape index (κ3) is 0.874. The van der Waals surface area contributed by atoms with E-state index in [2.05, 4.69) is 0 Å². The van der Waals surface area contributed by atoms with Gasteiger partial charge in [-0.05, 0) is 6.42 Å². The van der Waals surface area contributed by atoms with Crippen molar-refractivity contribution < 1.29 is 18.4 Å². The second-order valence-electron chi connectivity index (χ2n) is 3.32. The molecule has 2 aliphatic heterocycles. The Morgan fingerprint density at radius 1 is 2.00 bits per heavy atom. The molecule has 2 atom stereocenters. The van der Waals surface area contributed by atoms with Crippen LogP contribution in [-0.4, -0.2) is 40.7 Å². The third-order valence-electron chi connectivity index (χ3n) is 2.59. The summed E-state index contributed by atoms with van der Waals surface area (Å²) in [7, 11) is 0. The van der Waals surface area contributed by atoms with Crippen molar-refractivity contribution >= 4 is 5.91 Å². The molecule has 1 N–H and O–H groups in total. The van der Waals surface area contributed by atoms with Crippen molar-refractivity contribution in [3.8, 4) is 0 Å². The van der Waals surface area contributed by atoms with Crippen LogP contribution in [-0.2, 0) is 4.79 Å². The molecule has 0 aromatic heterocycles. The van der Waals surface area contributed by atoms with Crippen molar-refractivity contribution in [1.82, 2.24) is 4.90 Å². The number of fused-ring (bicyclic) bond motifs is 1. The minimum atomic E-state index is -2.66. The Bertz CT molecular complexity index is 317. The Labute approximate surface area is 74.4 Å². The molecule has 4 heteroatoms. The highest BCUT2D eigenvalue weighted by Gasteiger charge is 2.51. The summed E-state index contributed by atoms with van der Waals surface area (Å²) in [6, 6.07) is 0. The SMILES string of the molecule is [2H]C1(F)CN2C(=O)CCC2(C([2H])([2H])O)C1. The van der Waals surface area contributed by atoms with Crippen LogP contribution in [0.15, 0.2) is 0 Å². The minimum Gasteiger partial charge on any atom is -0.394 e. The lowest BCUT2D eigenvalue weighted by Crippen LogP contribution is -2.43. The van der Waals surface area contributed by atoms with E-state index in [1.807, 2.05) is 0 Å². The zero-order valence-corrected chi connectivity index (χ0v) is 6.51. The number of nitrogens with zero attached hydrogens (tertiary/aromatic N) is 1. The topological polar surface area (TPSA) is 40.5 Å². The fourth-order valence-corrected chi connectivity index (χ4v) is 1.95. The molecule has 0 bridgehead atoms. The molecule has 0 aliphatic carbocycles. The Morgan fingerprint density at radius 2 is 2.75 bits per heavy atom. The summed E-state index contributed by atoms with van der Waals surface area (Å²) in [6.07, 6.45) is -2.64. The van der Waals surface area contributed by atoms with Crippen LogP contribution in [0.3, 0.4) is 0 Å². The molecule has 0 saturated carbocycles. The van der Waals surface area contributed by atoms with E-state index in [0.29, 0.717) is 0 Å². The Kier molecular flexibility index (Phi) is 1.04. The van der Waals surface area contributed by atoms with Crippen LogP contribution in [0.4, 0.5) is 4.39 Å². The van der Waals surface area contributed by atoms with Crippen molar-refractivity contribution in [1.29, 1.82) is 0 Å². The highest BCUT2D eigenvalue weighted by atomic mass is 19.1. The summed E-state index contributed by atoms with van der Waals surface area (Å²) in [5, 5.41) is 9.42. The van der Waals surface area contributed by atoms with Gasteiger partial charge in [0.1, 0.15) is 6.15 Å². The lowest BCUT2D eigenvalue weighted by molar-refractivity contribution is -0.130. The molecule has 0 spiro atoms. The van der Waals surface area contributed by atoms with Gasteiger partial charge in [-0.15, -0.1) is 0 Å². The van der Waals surface area contributed by atoms with Crippen molar-refractivity contribution in [2.45, 2.75) is 30.9 Å². The average molecular weight is 176 g/mol. The molecular weight excluding hydrogens is 161 g/mol. The van der Waals surface area contributed by atoms with Gasteiger partial charge in [0.05, 0.1) is 22.8 Å². The standard InChI is InChI=1S/C8H12FNO2/c9-6-3-8(5-11)2-1-7(12)10(8)4-6/h6,11H,1-5H2/i5D2,6D. The zero-order valence-electron chi connectivity index (χ0n) is 9.51. The van der Waals surface area contributed by atoms with Gasteiger partial charge in [-0.3, -0.25) is 4.79 Å². The van der Waals surface area contributed by atoms with Gasteiger partial charge in [-0.1, -0.05) is 0 Å². The average Bonchev–Trinajstić information content (AvgIpc) is 2.45. The van der Waals surface area contributed by atoms with E-state index in [9.17, 15) is 14.3 Å². The predicted molar refractivity (Wildman–Crippen MR) is 40.3 cm³/mol. The molecule has 3 nitrogen and oxygen atoms in total. The molecule has 2 unspecified atom stereocenters. The van der Waals surface area contributed by atoms with Gasteiger partial charge in [0.2, 0.25) is 5.91 Å². The fourth-order valence-electron chi connectivity index (χ4n) is 1.95. The smallest absolute Gasteiger partial charge is 0.223 e. The number of amides is 1. The number of aliphatic hydroxyl groups is 1. The lowest BCUT2D eigenvalue weighted by atomic mass is 9.95. The van der Waals surface area contributed by atoms with Gasteiger partial charge in [-0.2, -0.15) is 0 Å². The largest absolute Gasteiger partial charge is 0.394 e. The van der Waals surface area contributed by atoms with E-state index in [4.69, 9.17) is 4.11 Å². The van der Waals surface area contributed by atoms with Crippen LogP contribution in [0.1, 0.15) is 23.4 Å². The third-order valence-corrected chi connectivity index (χ3v) is 2.59. The normalized spacial score (nSPS) is 51.7. The number of rotatable bonds is 1. The first-order valence-electron chi connectivity index (χ1n) is 5.40. The molecule has 2 aliphatic rings. The molecule has 68 valence electrons. The van der Waals surface area contributed by atoms with Crippen molar-refractivity contribution in [3.63, 3.8) is 0 Å². The van der Waals surface area contributed by atoms with Gasteiger partial charge < -0.3 is 10.0 Å². The molecule has 0 aromatic rings. The minimum absolute atomic E-state index is 0.0693. The fraction of sp³-hybridized carbons (Fsp3) is 0.875. The monoisotopic (exact) mass is 176 g/mol. The summed E-state index contributed by atoms with van der Waals surface area (Å²) in [6.45, 7) is -3.11. The number of carbonyl (C=O) groups excluding carboxylic acids is 1. The Balaban J connectivity index is 2.41. The van der Waals surface area contributed by atoms with E-state index < -0.39 is 31.2 Å². The molecule has 0 aromatic carbocycles. The second-order valence-corrected chi connectivity index (χ2v) is 3.32. The van der Waals surface area contributed by atoms with Crippen molar-refractivity contribution in [3.05, 3.63) is 0 Å². The highest BCUT2D eigenvalue weighted by Crippen LogP contribution is 2.40. The number of hydrogen-bond acceptors (Lipinski definition) is 2. The molecule has 2 saturated heterocycles. The molecule has 1 amide bonds. The Morgan fingerprint density at radius 3 is 3.33 bits per heavy atom. The van der Waals surface area contributed by atoms with Gasteiger partial charge >= 0.3 is 0 Å². The lowest BCUT2D eigenvalue weighted by Gasteiger charge is -2.28. The second kappa shape index (κ2) is 2.42. The summed E-state index contributed by atoms with van der Waals surface area (Å²) in [5.74, 6) is -0.389. The van der Waals surface area contributed by atoms with Crippen LogP contribution in [0.5, 0.6) is 0 Å². The van der Waals surface area contributed by atoms with Crippen LogP contribution in [0.25, 0.3) is 0 Å². The maximum atomic E-state index is 13.5. The van der Waals surface area contributed by atoms with Gasteiger partial charge in [0.25, 0.3) is 0 Å². The van der Waals surface area contributed by atoms with Crippen LogP contribution in [0.2, 0.25) is 0 Å². The van der Waals surface area contributed by atoms with E-state index in [-0.39, 0.29) is 18.7 Å². The number of hydrogen-bond donors (Lipinski definition) is 1. The quantitative estimate of drug-likeness (QED) is 0.614. The predicted octanol–water partition coefficient (Wildman–Crippen LogP) is 0.0817. The first-order valence-corrected chi connectivity index (χ1v) is 3.90. The van der Waals surface area contributed by atoms with Crippen LogP contribution >= 0.6 is 0 Å². The molecule has 2 heterocycles. The summed E-state index contributed by atoms with van der Waals surface area (Å²) >= 11 is 0. The zero-order chi connectivity index (χ0) is 11.5. The van der Waals surface area contributed by atoms with E-state index in [1.165, 1.54) is 0 Å². The van der Waals surface area contributed by atoms with Crippen molar-refractivity contribution in [2.75, 3.05) is 13.1 Å². The Hall–Kier alpha value is -0.640. The van der Waals surface area contributed by atoms with E-state index >= 15 is 0 Å². The van der Waals surface area contributed by atoms with Gasteiger partial charge in [0.15, 0.2) is 0 Å². The first-order chi connectivity index (χ1) is 6.68. The van der Waals surface area contributed by atoms with E-state index in [0.717, 1.165) is 4.90 Å². The molecule has 0 radical (unpaired) electrons. The van der Waals surface area contributed by atoms with Crippen LogP contribution < -0.4 is 0 Å². The maximum absolute atomic E-state index is 13.5. The number of carbonyl (C=O) groups is 1. The van der Waals surface area contributed by atoms with Gasteiger partial charge in [-0.25, -0.2) is 4.39 Å². The summed E-state index contributed by atoms with van der Waals surface area (Å²) in [4.78, 5) is 12.4. The molecular formula is C8H12FNO2. The first kappa shape index (κ1) is 5.17. The maximum Gasteiger partial charge on any atom is 0.223 e. The molecule has 2 rings (SSSR count). The van der Waals surface area contributed by atoms with Crippen LogP contribution in [0, 0.1) is 0 Å². The van der Waals surface area contributed by atoms with E-state index in [1.54, 1.807) is 0 Å². The summed E-state index contributed by atoms with van der Waals surface area (Å²) < 4.78 is 35.3. The number of halogens is 1.